The molecule has 0 aromatic carbocycles. The maximum absolute atomic E-state index is 11.7. The van der Waals surface area contributed by atoms with Crippen molar-refractivity contribution >= 4 is 10.0 Å². The predicted octanol–water partition coefficient (Wildman–Crippen LogP) is 0.732. The molecule has 0 amide bonds. The van der Waals surface area contributed by atoms with E-state index in [-0.39, 0.29) is 0 Å². The van der Waals surface area contributed by atoms with Gasteiger partial charge in [0.2, 0.25) is 10.0 Å². The second-order valence-corrected chi connectivity index (χ2v) is 8.20. The van der Waals surface area contributed by atoms with Gasteiger partial charge >= 0.3 is 0 Å². The lowest BCUT2D eigenvalue weighted by Gasteiger charge is -2.39. The van der Waals surface area contributed by atoms with E-state index in [0.717, 1.165) is 39.0 Å². The molecule has 0 radical (unpaired) electrons. The van der Waals surface area contributed by atoms with Crippen molar-refractivity contribution in [2.24, 2.45) is 5.92 Å². The van der Waals surface area contributed by atoms with Crippen molar-refractivity contribution in [2.45, 2.75) is 38.6 Å². The summed E-state index contributed by atoms with van der Waals surface area (Å²) in [4.78, 5) is 2.54. The first-order chi connectivity index (χ1) is 9.50. The van der Waals surface area contributed by atoms with Crippen molar-refractivity contribution in [3.05, 3.63) is 0 Å². The Morgan fingerprint density at radius 2 is 2.10 bits per heavy atom. The second-order valence-electron chi connectivity index (χ2n) is 6.22. The highest BCUT2D eigenvalue weighted by Crippen LogP contribution is 2.21. The molecule has 20 heavy (non-hydrogen) atoms. The molecule has 2 aliphatic rings. The number of nitrogens with zero attached hydrogens (tertiary/aromatic N) is 2. The second kappa shape index (κ2) is 7.20. The molecule has 0 aliphatic carbocycles. The third-order valence-electron chi connectivity index (χ3n) is 4.64. The van der Waals surface area contributed by atoms with E-state index in [1.54, 1.807) is 4.31 Å². The van der Waals surface area contributed by atoms with Crippen LogP contribution in [0.2, 0.25) is 0 Å². The molecule has 2 rings (SSSR count). The van der Waals surface area contributed by atoms with Crippen LogP contribution < -0.4 is 5.32 Å². The number of hydrogen-bond donors (Lipinski definition) is 1. The Morgan fingerprint density at radius 3 is 2.70 bits per heavy atom. The molecule has 5 nitrogen and oxygen atoms in total. The summed E-state index contributed by atoms with van der Waals surface area (Å²) in [5, 5.41) is 3.47. The van der Waals surface area contributed by atoms with Gasteiger partial charge in [-0.25, -0.2) is 12.7 Å². The Morgan fingerprint density at radius 1 is 1.30 bits per heavy atom. The lowest BCUT2D eigenvalue weighted by Crippen LogP contribution is -2.50. The van der Waals surface area contributed by atoms with Gasteiger partial charge < -0.3 is 5.32 Å². The van der Waals surface area contributed by atoms with Gasteiger partial charge in [-0.05, 0) is 44.7 Å². The number of nitrogens with one attached hydrogen (secondary N) is 1. The molecule has 2 unspecified atom stereocenters. The van der Waals surface area contributed by atoms with E-state index in [0.29, 0.717) is 25.0 Å². The van der Waals surface area contributed by atoms with Gasteiger partial charge in [-0.15, -0.1) is 0 Å². The zero-order chi connectivity index (χ0) is 14.6. The van der Waals surface area contributed by atoms with E-state index >= 15 is 0 Å². The van der Waals surface area contributed by atoms with Crippen LogP contribution in [0.15, 0.2) is 0 Å². The van der Waals surface area contributed by atoms with Crippen LogP contribution in [-0.2, 0) is 10.0 Å². The van der Waals surface area contributed by atoms with Crippen LogP contribution in [-0.4, -0.2) is 69.2 Å². The maximum Gasteiger partial charge on any atom is 0.211 e. The van der Waals surface area contributed by atoms with Crippen LogP contribution >= 0.6 is 0 Å². The first kappa shape index (κ1) is 16.2. The van der Waals surface area contributed by atoms with Crippen LogP contribution in [0.1, 0.15) is 32.6 Å². The number of sulfonamides is 1. The summed E-state index contributed by atoms with van der Waals surface area (Å²) in [6.07, 6.45) is 6.00. The first-order valence-electron chi connectivity index (χ1n) is 7.90. The third kappa shape index (κ3) is 4.41. The quantitative estimate of drug-likeness (QED) is 0.814. The number of likely N-dealkylation sites (N-methyl/N-ethyl adjacent to an activating group) is 1. The molecule has 118 valence electrons. The number of piperidine rings is 2. The third-order valence-corrected chi connectivity index (χ3v) is 5.91. The first-order valence-corrected chi connectivity index (χ1v) is 9.75. The summed E-state index contributed by atoms with van der Waals surface area (Å²) in [5.41, 5.74) is 0. The molecule has 0 bridgehead atoms. The Hall–Kier alpha value is -0.170. The molecular weight excluding hydrogens is 274 g/mol. The monoisotopic (exact) mass is 303 g/mol. The minimum absolute atomic E-state index is 0.486. The normalized spacial score (nSPS) is 29.8. The van der Waals surface area contributed by atoms with Crippen LogP contribution in [0.25, 0.3) is 0 Å². The SMILES string of the molecule is CCN(CC1CCCN(S(C)(=O)=O)C1)C1CCCNC1. The molecule has 2 aliphatic heterocycles. The van der Waals surface area contributed by atoms with Crippen LogP contribution in [0.4, 0.5) is 0 Å². The average Bonchev–Trinajstić information content (AvgIpc) is 2.45. The van der Waals surface area contributed by atoms with E-state index in [4.69, 9.17) is 0 Å². The minimum atomic E-state index is -3.02. The fourth-order valence-corrected chi connectivity index (χ4v) is 4.43. The van der Waals surface area contributed by atoms with Gasteiger partial charge in [-0.2, -0.15) is 0 Å². The Bertz CT molecular complexity index is 393. The predicted molar refractivity (Wildman–Crippen MR) is 82.3 cm³/mol. The van der Waals surface area contributed by atoms with Crippen LogP contribution in [0.3, 0.4) is 0 Å². The molecular formula is C14H29N3O2S. The molecule has 0 saturated carbocycles. The number of rotatable bonds is 5. The van der Waals surface area contributed by atoms with E-state index < -0.39 is 10.0 Å². The molecule has 2 saturated heterocycles. The fraction of sp³-hybridized carbons (Fsp3) is 1.00. The summed E-state index contributed by atoms with van der Waals surface area (Å²) in [6, 6.07) is 0.627. The van der Waals surface area contributed by atoms with E-state index in [1.165, 1.54) is 19.1 Å². The zero-order valence-electron chi connectivity index (χ0n) is 12.8. The number of hydrogen-bond acceptors (Lipinski definition) is 4. The molecule has 0 spiro atoms. The Balaban J connectivity index is 1.90. The van der Waals surface area contributed by atoms with Crippen molar-refractivity contribution in [3.8, 4) is 0 Å². The summed E-state index contributed by atoms with van der Waals surface area (Å²) in [5.74, 6) is 0.486. The summed E-state index contributed by atoms with van der Waals surface area (Å²) >= 11 is 0. The molecule has 2 heterocycles. The lowest BCUT2D eigenvalue weighted by molar-refractivity contribution is 0.125. The van der Waals surface area contributed by atoms with E-state index in [1.807, 2.05) is 0 Å². The van der Waals surface area contributed by atoms with Gasteiger partial charge in [0.05, 0.1) is 6.26 Å². The van der Waals surface area contributed by atoms with Crippen molar-refractivity contribution < 1.29 is 8.42 Å². The highest BCUT2D eigenvalue weighted by Gasteiger charge is 2.29. The van der Waals surface area contributed by atoms with Gasteiger partial charge in [0.15, 0.2) is 0 Å². The summed E-state index contributed by atoms with van der Waals surface area (Å²) in [6.45, 7) is 7.93. The smallest absolute Gasteiger partial charge is 0.211 e. The van der Waals surface area contributed by atoms with Gasteiger partial charge in [-0.1, -0.05) is 6.92 Å². The van der Waals surface area contributed by atoms with Crippen molar-refractivity contribution in [1.82, 2.24) is 14.5 Å². The maximum atomic E-state index is 11.7. The molecule has 0 aromatic rings. The molecule has 0 aromatic heterocycles. The van der Waals surface area contributed by atoms with Gasteiger partial charge in [0.25, 0.3) is 0 Å². The van der Waals surface area contributed by atoms with E-state index in [9.17, 15) is 8.42 Å². The molecule has 1 N–H and O–H groups in total. The highest BCUT2D eigenvalue weighted by molar-refractivity contribution is 7.88. The summed E-state index contributed by atoms with van der Waals surface area (Å²) < 4.78 is 25.0. The van der Waals surface area contributed by atoms with Crippen molar-refractivity contribution in [1.29, 1.82) is 0 Å². The van der Waals surface area contributed by atoms with Crippen LogP contribution in [0.5, 0.6) is 0 Å². The summed E-state index contributed by atoms with van der Waals surface area (Å²) in [7, 11) is -3.02. The Kier molecular flexibility index (Phi) is 5.84. The molecule has 6 heteroatoms. The largest absolute Gasteiger partial charge is 0.315 e. The Labute approximate surface area is 123 Å². The highest BCUT2D eigenvalue weighted by atomic mass is 32.2. The average molecular weight is 303 g/mol. The van der Waals surface area contributed by atoms with Gasteiger partial charge in [-0.3, -0.25) is 4.90 Å². The van der Waals surface area contributed by atoms with Gasteiger partial charge in [0, 0.05) is 32.2 Å². The van der Waals surface area contributed by atoms with Crippen molar-refractivity contribution in [3.63, 3.8) is 0 Å². The van der Waals surface area contributed by atoms with Crippen molar-refractivity contribution in [2.75, 3.05) is 45.5 Å². The molecule has 2 fully saturated rings. The standard InChI is InChI=1S/C14H29N3O2S/c1-3-16(14-7-4-8-15-10-14)11-13-6-5-9-17(12-13)20(2,18)19/h13-15H,3-12H2,1-2H3. The van der Waals surface area contributed by atoms with Crippen LogP contribution in [0, 0.1) is 5.92 Å². The lowest BCUT2D eigenvalue weighted by atomic mass is 9.97. The zero-order valence-corrected chi connectivity index (χ0v) is 13.7. The topological polar surface area (TPSA) is 52.7 Å². The minimum Gasteiger partial charge on any atom is -0.315 e. The van der Waals surface area contributed by atoms with Gasteiger partial charge in [0.1, 0.15) is 0 Å². The van der Waals surface area contributed by atoms with E-state index in [2.05, 4.69) is 17.1 Å². The fourth-order valence-electron chi connectivity index (χ4n) is 3.49. The molecule has 2 atom stereocenters.